The van der Waals surface area contributed by atoms with Gasteiger partial charge in [0.15, 0.2) is 0 Å². The molecule has 1 rings (SSSR count). The topological polar surface area (TPSA) is 43.1 Å². The maximum absolute atomic E-state index is 10.3. The van der Waals surface area contributed by atoms with Gasteiger partial charge in [-0.2, -0.15) is 0 Å². The average molecular weight is 179 g/mol. The molecule has 0 aliphatic carbocycles. The molecule has 70 valence electrons. The molecule has 1 aromatic carbocycles. The molecule has 0 saturated heterocycles. The van der Waals surface area contributed by atoms with Crippen LogP contribution in [-0.2, 0) is 0 Å². The first-order valence-electron chi connectivity index (χ1n) is 3.83. The molecule has 0 aliphatic rings. The van der Waals surface area contributed by atoms with E-state index in [2.05, 4.69) is 13.2 Å². The van der Waals surface area contributed by atoms with Gasteiger partial charge in [-0.25, -0.2) is 0 Å². The number of benzene rings is 1. The summed E-state index contributed by atoms with van der Waals surface area (Å²) in [5.74, 6) is 0. The maximum atomic E-state index is 10.3. The Morgan fingerprint density at radius 2 is 1.85 bits per heavy atom. The molecular formula is C10H13NO2. The maximum Gasteiger partial charge on any atom is 0.272 e. The van der Waals surface area contributed by atoms with Crippen LogP contribution in [0.5, 0.6) is 0 Å². The molecular weight excluding hydrogens is 166 g/mol. The average Bonchev–Trinajstić information content (AvgIpc) is 2.07. The first-order chi connectivity index (χ1) is 6.11. The fraction of sp³-hybridized carbons (Fsp3) is 0.200. The molecule has 0 heterocycles. The molecule has 0 aromatic heterocycles. The molecule has 1 aromatic rings. The van der Waals surface area contributed by atoms with E-state index in [-0.39, 0.29) is 10.6 Å². The second-order valence-electron chi connectivity index (χ2n) is 2.55. The van der Waals surface area contributed by atoms with Crippen molar-refractivity contribution in [3.63, 3.8) is 0 Å². The predicted octanol–water partition coefficient (Wildman–Crippen LogP) is 3.01. The summed E-state index contributed by atoms with van der Waals surface area (Å²) in [5.41, 5.74) is 1.96. The number of nitro benzene ring substituents is 1. The number of rotatable bonds is 1. The third-order valence-corrected chi connectivity index (χ3v) is 1.55. The van der Waals surface area contributed by atoms with Gasteiger partial charge >= 0.3 is 0 Å². The van der Waals surface area contributed by atoms with Crippen LogP contribution in [0.2, 0.25) is 0 Å². The number of hydrogen-bond acceptors (Lipinski definition) is 2. The van der Waals surface area contributed by atoms with E-state index in [1.165, 1.54) is 6.07 Å². The second-order valence-corrected chi connectivity index (χ2v) is 2.55. The minimum atomic E-state index is -0.366. The lowest BCUT2D eigenvalue weighted by molar-refractivity contribution is -0.385. The molecule has 0 atom stereocenters. The normalized spacial score (nSPS) is 8.46. The summed E-state index contributed by atoms with van der Waals surface area (Å²) in [4.78, 5) is 9.97. The Morgan fingerprint density at radius 1 is 1.31 bits per heavy atom. The Bertz CT molecular complexity index is 308. The van der Waals surface area contributed by atoms with Crippen molar-refractivity contribution >= 4 is 5.69 Å². The Balaban J connectivity index is 0.000000671. The zero-order chi connectivity index (χ0) is 10.4. The highest BCUT2D eigenvalue weighted by atomic mass is 16.6. The van der Waals surface area contributed by atoms with E-state index in [4.69, 9.17) is 0 Å². The van der Waals surface area contributed by atoms with Gasteiger partial charge in [0.1, 0.15) is 0 Å². The summed E-state index contributed by atoms with van der Waals surface area (Å²) >= 11 is 0. The SMILES string of the molecule is C=C.Cc1ccc([N+](=O)[O-])c(C)c1. The summed E-state index contributed by atoms with van der Waals surface area (Å²) < 4.78 is 0. The smallest absolute Gasteiger partial charge is 0.258 e. The van der Waals surface area contributed by atoms with Gasteiger partial charge < -0.3 is 0 Å². The third-order valence-electron chi connectivity index (χ3n) is 1.55. The van der Waals surface area contributed by atoms with Gasteiger partial charge in [0.2, 0.25) is 0 Å². The van der Waals surface area contributed by atoms with Gasteiger partial charge in [0.05, 0.1) is 4.92 Å². The molecule has 0 unspecified atom stereocenters. The molecule has 0 N–H and O–H groups in total. The molecule has 0 bridgehead atoms. The Morgan fingerprint density at radius 3 is 2.23 bits per heavy atom. The highest BCUT2D eigenvalue weighted by molar-refractivity contribution is 5.41. The second kappa shape index (κ2) is 5.09. The molecule has 0 fully saturated rings. The molecule has 0 amide bonds. The van der Waals surface area contributed by atoms with Crippen molar-refractivity contribution < 1.29 is 4.92 Å². The zero-order valence-electron chi connectivity index (χ0n) is 7.91. The van der Waals surface area contributed by atoms with Crippen LogP contribution >= 0.6 is 0 Å². The fourth-order valence-electron chi connectivity index (χ4n) is 1.01. The van der Waals surface area contributed by atoms with E-state index in [9.17, 15) is 10.1 Å². The zero-order valence-corrected chi connectivity index (χ0v) is 7.91. The summed E-state index contributed by atoms with van der Waals surface area (Å²) in [6.45, 7) is 9.65. The minimum Gasteiger partial charge on any atom is -0.258 e. The lowest BCUT2D eigenvalue weighted by Gasteiger charge is -1.96. The van der Waals surface area contributed by atoms with Crippen LogP contribution < -0.4 is 0 Å². The van der Waals surface area contributed by atoms with Crippen molar-refractivity contribution in [1.82, 2.24) is 0 Å². The highest BCUT2D eigenvalue weighted by Gasteiger charge is 2.07. The van der Waals surface area contributed by atoms with Crippen molar-refractivity contribution in [2.75, 3.05) is 0 Å². The van der Waals surface area contributed by atoms with Gasteiger partial charge in [-0.3, -0.25) is 10.1 Å². The lowest BCUT2D eigenvalue weighted by Crippen LogP contribution is -1.91. The van der Waals surface area contributed by atoms with Crippen molar-refractivity contribution in [1.29, 1.82) is 0 Å². The van der Waals surface area contributed by atoms with Crippen LogP contribution in [-0.4, -0.2) is 4.92 Å². The Labute approximate surface area is 77.9 Å². The summed E-state index contributed by atoms with van der Waals surface area (Å²) in [6, 6.07) is 5.08. The fourth-order valence-corrected chi connectivity index (χ4v) is 1.01. The van der Waals surface area contributed by atoms with E-state index < -0.39 is 0 Å². The molecule has 13 heavy (non-hydrogen) atoms. The monoisotopic (exact) mass is 179 g/mol. The van der Waals surface area contributed by atoms with Crippen LogP contribution in [0.4, 0.5) is 5.69 Å². The van der Waals surface area contributed by atoms with E-state index >= 15 is 0 Å². The van der Waals surface area contributed by atoms with Crippen LogP contribution in [0.25, 0.3) is 0 Å². The molecule has 0 spiro atoms. The van der Waals surface area contributed by atoms with E-state index in [1.54, 1.807) is 19.1 Å². The van der Waals surface area contributed by atoms with Crippen LogP contribution in [0.15, 0.2) is 31.4 Å². The largest absolute Gasteiger partial charge is 0.272 e. The lowest BCUT2D eigenvalue weighted by atomic mass is 10.1. The van der Waals surface area contributed by atoms with Gasteiger partial charge in [0.25, 0.3) is 5.69 Å². The van der Waals surface area contributed by atoms with E-state index in [0.29, 0.717) is 0 Å². The molecule has 0 saturated carbocycles. The summed E-state index contributed by atoms with van der Waals surface area (Å²) in [7, 11) is 0. The number of nitro groups is 1. The van der Waals surface area contributed by atoms with Crippen LogP contribution in [0, 0.1) is 24.0 Å². The van der Waals surface area contributed by atoms with E-state index in [1.807, 2.05) is 6.92 Å². The Kier molecular flexibility index (Phi) is 4.44. The first-order valence-corrected chi connectivity index (χ1v) is 3.83. The van der Waals surface area contributed by atoms with Crippen molar-refractivity contribution in [3.05, 3.63) is 52.6 Å². The van der Waals surface area contributed by atoms with Gasteiger partial charge in [-0.05, 0) is 19.9 Å². The first kappa shape index (κ1) is 11.4. The van der Waals surface area contributed by atoms with Gasteiger partial charge in [-0.1, -0.05) is 11.6 Å². The van der Waals surface area contributed by atoms with Crippen LogP contribution in [0.3, 0.4) is 0 Å². The van der Waals surface area contributed by atoms with Gasteiger partial charge in [-0.15, -0.1) is 13.2 Å². The van der Waals surface area contributed by atoms with Crippen LogP contribution in [0.1, 0.15) is 11.1 Å². The summed E-state index contributed by atoms with van der Waals surface area (Å²) in [5, 5.41) is 10.3. The standard InChI is InChI=1S/C8H9NO2.C2H4/c1-6-3-4-8(9(10)11)7(2)5-6;1-2/h3-5H,1-2H3;1-2H2. The molecule has 3 heteroatoms. The number of hydrogen-bond donors (Lipinski definition) is 0. The van der Waals surface area contributed by atoms with E-state index in [0.717, 1.165) is 11.1 Å². The minimum absolute atomic E-state index is 0.190. The highest BCUT2D eigenvalue weighted by Crippen LogP contribution is 2.17. The number of aryl methyl sites for hydroxylation is 2. The molecule has 0 aliphatic heterocycles. The third kappa shape index (κ3) is 3.07. The molecule has 3 nitrogen and oxygen atoms in total. The summed E-state index contributed by atoms with van der Waals surface area (Å²) in [6.07, 6.45) is 0. The molecule has 0 radical (unpaired) electrons. The quantitative estimate of drug-likeness (QED) is 0.378. The van der Waals surface area contributed by atoms with Crippen molar-refractivity contribution in [2.45, 2.75) is 13.8 Å². The predicted molar refractivity (Wildman–Crippen MR) is 53.8 cm³/mol. The number of nitrogens with zero attached hydrogens (tertiary/aromatic N) is 1. The van der Waals surface area contributed by atoms with Crippen molar-refractivity contribution in [3.8, 4) is 0 Å². The Hall–Kier alpha value is -1.64. The van der Waals surface area contributed by atoms with Crippen molar-refractivity contribution in [2.24, 2.45) is 0 Å². The van der Waals surface area contributed by atoms with Gasteiger partial charge in [0, 0.05) is 11.6 Å².